The minimum absolute atomic E-state index is 0.0340. The van der Waals surface area contributed by atoms with Gasteiger partial charge in [-0.1, -0.05) is 23.9 Å². The predicted molar refractivity (Wildman–Crippen MR) is 113 cm³/mol. The molecule has 5 nitrogen and oxygen atoms in total. The van der Waals surface area contributed by atoms with E-state index in [-0.39, 0.29) is 16.8 Å². The van der Waals surface area contributed by atoms with Crippen LogP contribution in [0.1, 0.15) is 26.2 Å². The van der Waals surface area contributed by atoms with E-state index in [9.17, 15) is 18.4 Å². The number of piperidine rings is 1. The number of thioether (sulfide) groups is 1. The lowest BCUT2D eigenvalue weighted by molar-refractivity contribution is -0.131. The fraction of sp³-hybridized carbons (Fsp3) is 0.318. The molecule has 1 aromatic heterocycles. The average molecular weight is 429 g/mol. The van der Waals surface area contributed by atoms with Crippen LogP contribution in [0.25, 0.3) is 16.6 Å². The van der Waals surface area contributed by atoms with Crippen molar-refractivity contribution < 1.29 is 13.6 Å². The smallest absolute Gasteiger partial charge is 0.266 e. The van der Waals surface area contributed by atoms with E-state index in [1.807, 2.05) is 4.90 Å². The van der Waals surface area contributed by atoms with Gasteiger partial charge in [0.25, 0.3) is 5.56 Å². The van der Waals surface area contributed by atoms with Crippen molar-refractivity contribution in [1.29, 1.82) is 0 Å². The van der Waals surface area contributed by atoms with Gasteiger partial charge in [-0.25, -0.2) is 13.8 Å². The van der Waals surface area contributed by atoms with Crippen molar-refractivity contribution in [2.45, 2.75) is 36.6 Å². The zero-order valence-electron chi connectivity index (χ0n) is 16.5. The summed E-state index contributed by atoms with van der Waals surface area (Å²) in [7, 11) is 0. The van der Waals surface area contributed by atoms with Gasteiger partial charge >= 0.3 is 0 Å². The molecule has 2 aromatic carbocycles. The van der Waals surface area contributed by atoms with Crippen molar-refractivity contribution in [1.82, 2.24) is 14.5 Å². The Bertz CT molecular complexity index is 1160. The minimum atomic E-state index is -0.869. The third-order valence-corrected chi connectivity index (χ3v) is 6.23. The molecule has 1 atom stereocenters. The quantitative estimate of drug-likeness (QED) is 0.462. The van der Waals surface area contributed by atoms with E-state index >= 15 is 0 Å². The Labute approximate surface area is 176 Å². The Hall–Kier alpha value is -2.74. The molecule has 1 fully saturated rings. The number of halogens is 2. The molecule has 0 bridgehead atoms. The predicted octanol–water partition coefficient (Wildman–Crippen LogP) is 4.16. The number of carbonyl (C=O) groups excluding carboxylic acids is 1. The van der Waals surface area contributed by atoms with Crippen LogP contribution in [0.5, 0.6) is 0 Å². The van der Waals surface area contributed by atoms with Gasteiger partial charge in [-0.3, -0.25) is 14.2 Å². The molecule has 1 amide bonds. The Balaban J connectivity index is 1.79. The number of carbonyl (C=O) groups is 1. The molecule has 0 N–H and O–H groups in total. The second-order valence-electron chi connectivity index (χ2n) is 7.29. The second-order valence-corrected chi connectivity index (χ2v) is 8.60. The molecule has 156 valence electrons. The summed E-state index contributed by atoms with van der Waals surface area (Å²) in [5.41, 5.74) is -0.104. The molecular formula is C22H21F2N3O2S. The number of hydrogen-bond acceptors (Lipinski definition) is 4. The highest BCUT2D eigenvalue weighted by molar-refractivity contribution is 8.00. The van der Waals surface area contributed by atoms with Crippen LogP contribution in [0.4, 0.5) is 8.78 Å². The fourth-order valence-electron chi connectivity index (χ4n) is 3.65. The third kappa shape index (κ3) is 3.96. The number of fused-ring (bicyclic) bond motifs is 1. The van der Waals surface area contributed by atoms with Crippen LogP contribution in [-0.2, 0) is 4.79 Å². The monoisotopic (exact) mass is 429 g/mol. The standard InChI is InChI=1S/C22H21F2N3O2S/c1-14(20(28)26-11-5-2-6-12-26)30-22-25-18-8-4-3-7-16(18)21(29)27(22)19-10-9-15(23)13-17(19)24/h3-4,7-10,13-14H,2,5-6,11-12H2,1H3. The molecule has 8 heteroatoms. The molecule has 1 unspecified atom stereocenters. The van der Waals surface area contributed by atoms with E-state index in [0.29, 0.717) is 24.0 Å². The van der Waals surface area contributed by atoms with Gasteiger partial charge < -0.3 is 4.90 Å². The van der Waals surface area contributed by atoms with E-state index in [1.165, 1.54) is 6.07 Å². The van der Waals surface area contributed by atoms with Gasteiger partial charge in [0.2, 0.25) is 5.91 Å². The van der Waals surface area contributed by atoms with Gasteiger partial charge in [-0.15, -0.1) is 0 Å². The normalized spacial score (nSPS) is 15.4. The Morgan fingerprint density at radius 1 is 1.10 bits per heavy atom. The highest BCUT2D eigenvalue weighted by Crippen LogP contribution is 2.28. The summed E-state index contributed by atoms with van der Waals surface area (Å²) in [6, 6.07) is 9.80. The molecule has 1 saturated heterocycles. The number of likely N-dealkylation sites (tertiary alicyclic amines) is 1. The molecule has 0 saturated carbocycles. The van der Waals surface area contributed by atoms with Crippen LogP contribution in [0.2, 0.25) is 0 Å². The number of nitrogens with zero attached hydrogens (tertiary/aromatic N) is 3. The highest BCUT2D eigenvalue weighted by atomic mass is 32.2. The summed E-state index contributed by atoms with van der Waals surface area (Å²) in [6.45, 7) is 3.19. The van der Waals surface area contributed by atoms with E-state index < -0.39 is 22.4 Å². The average Bonchev–Trinajstić information content (AvgIpc) is 2.75. The Morgan fingerprint density at radius 3 is 2.57 bits per heavy atom. The van der Waals surface area contributed by atoms with Crippen LogP contribution in [0.3, 0.4) is 0 Å². The number of rotatable bonds is 4. The van der Waals surface area contributed by atoms with Gasteiger partial charge in [0, 0.05) is 19.2 Å². The van der Waals surface area contributed by atoms with Crippen molar-refractivity contribution >= 4 is 28.6 Å². The number of hydrogen-bond donors (Lipinski definition) is 0. The first-order chi connectivity index (χ1) is 14.5. The minimum Gasteiger partial charge on any atom is -0.342 e. The van der Waals surface area contributed by atoms with Gasteiger partial charge in [0.1, 0.15) is 11.6 Å². The van der Waals surface area contributed by atoms with E-state index in [1.54, 1.807) is 31.2 Å². The summed E-state index contributed by atoms with van der Waals surface area (Å²) in [4.78, 5) is 32.4. The summed E-state index contributed by atoms with van der Waals surface area (Å²) < 4.78 is 29.1. The van der Waals surface area contributed by atoms with Crippen molar-refractivity contribution in [3.8, 4) is 5.69 Å². The van der Waals surface area contributed by atoms with Crippen molar-refractivity contribution in [2.75, 3.05) is 13.1 Å². The van der Waals surface area contributed by atoms with Crippen LogP contribution in [0.15, 0.2) is 52.4 Å². The number of aromatic nitrogens is 2. The van der Waals surface area contributed by atoms with E-state index in [4.69, 9.17) is 0 Å². The van der Waals surface area contributed by atoms with Crippen molar-refractivity contribution in [3.63, 3.8) is 0 Å². The maximum atomic E-state index is 14.6. The maximum Gasteiger partial charge on any atom is 0.266 e. The molecule has 30 heavy (non-hydrogen) atoms. The maximum absolute atomic E-state index is 14.6. The van der Waals surface area contributed by atoms with Crippen molar-refractivity contribution in [3.05, 3.63) is 64.5 Å². The summed E-state index contributed by atoms with van der Waals surface area (Å²) in [5.74, 6) is -1.64. The molecule has 0 radical (unpaired) electrons. The number of para-hydroxylation sites is 1. The van der Waals surface area contributed by atoms with E-state index in [0.717, 1.165) is 47.7 Å². The molecular weight excluding hydrogens is 408 g/mol. The van der Waals surface area contributed by atoms with Crippen LogP contribution in [-0.4, -0.2) is 38.7 Å². The fourth-order valence-corrected chi connectivity index (χ4v) is 4.65. The van der Waals surface area contributed by atoms with Gasteiger partial charge in [-0.2, -0.15) is 0 Å². The number of benzene rings is 2. The Kier molecular flexibility index (Phi) is 5.85. The highest BCUT2D eigenvalue weighted by Gasteiger charge is 2.26. The molecule has 0 spiro atoms. The lowest BCUT2D eigenvalue weighted by Gasteiger charge is -2.29. The van der Waals surface area contributed by atoms with Crippen LogP contribution in [0, 0.1) is 11.6 Å². The molecule has 4 rings (SSSR count). The van der Waals surface area contributed by atoms with Crippen molar-refractivity contribution in [2.24, 2.45) is 0 Å². The summed E-state index contributed by atoms with van der Waals surface area (Å²) in [5, 5.41) is 0.00794. The van der Waals surface area contributed by atoms with Gasteiger partial charge in [0.15, 0.2) is 5.16 Å². The zero-order valence-corrected chi connectivity index (χ0v) is 17.3. The van der Waals surface area contributed by atoms with Crippen LogP contribution < -0.4 is 5.56 Å². The Morgan fingerprint density at radius 2 is 1.83 bits per heavy atom. The SMILES string of the molecule is CC(Sc1nc2ccccc2c(=O)n1-c1ccc(F)cc1F)C(=O)N1CCCCC1. The zero-order chi connectivity index (χ0) is 21.3. The summed E-state index contributed by atoms with van der Waals surface area (Å²) in [6.07, 6.45) is 3.06. The topological polar surface area (TPSA) is 55.2 Å². The molecule has 3 aromatic rings. The lowest BCUT2D eigenvalue weighted by atomic mass is 10.1. The molecule has 1 aliphatic rings. The molecule has 2 heterocycles. The summed E-state index contributed by atoms with van der Waals surface area (Å²) >= 11 is 1.11. The number of amides is 1. The van der Waals surface area contributed by atoms with Crippen LogP contribution >= 0.6 is 11.8 Å². The van der Waals surface area contributed by atoms with Gasteiger partial charge in [-0.05, 0) is 50.5 Å². The first kappa shape index (κ1) is 20.5. The first-order valence-electron chi connectivity index (χ1n) is 9.88. The molecule has 1 aliphatic heterocycles. The largest absolute Gasteiger partial charge is 0.342 e. The van der Waals surface area contributed by atoms with E-state index in [2.05, 4.69) is 4.98 Å². The first-order valence-corrected chi connectivity index (χ1v) is 10.8. The second kappa shape index (κ2) is 8.55. The third-order valence-electron chi connectivity index (χ3n) is 5.19. The lowest BCUT2D eigenvalue weighted by Crippen LogP contribution is -2.40. The molecule has 0 aliphatic carbocycles. The van der Waals surface area contributed by atoms with Gasteiger partial charge in [0.05, 0.1) is 21.8 Å².